The molecule has 0 spiro atoms. The average Bonchev–Trinajstić information content (AvgIpc) is 3.15. The van der Waals surface area contributed by atoms with Crippen molar-refractivity contribution in [2.45, 2.75) is 45.2 Å². The smallest absolute Gasteiger partial charge is 0.270 e. The number of benzene rings is 3. The van der Waals surface area contributed by atoms with Crippen LogP contribution >= 0.6 is 0 Å². The molecule has 3 aromatic carbocycles. The van der Waals surface area contributed by atoms with Crippen molar-refractivity contribution in [3.63, 3.8) is 0 Å². The summed E-state index contributed by atoms with van der Waals surface area (Å²) in [6, 6.07) is 24.5. The SMILES string of the molecule is CCn1c(-c2ccccc2)nc(-c2ccccc2F)c1C(=O)NC1CCCCc2ccccc21. The lowest BCUT2D eigenvalue weighted by Crippen LogP contribution is -2.31. The first-order valence-electron chi connectivity index (χ1n) is 12.0. The first kappa shape index (κ1) is 22.1. The summed E-state index contributed by atoms with van der Waals surface area (Å²) >= 11 is 0. The van der Waals surface area contributed by atoms with E-state index in [2.05, 4.69) is 23.5 Å². The second-order valence-electron chi connectivity index (χ2n) is 8.69. The fraction of sp³-hybridized carbons (Fsp3) is 0.241. The normalized spacial score (nSPS) is 15.4. The number of carbonyl (C=O) groups excluding carboxylic acids is 1. The number of rotatable bonds is 5. The largest absolute Gasteiger partial charge is 0.344 e. The van der Waals surface area contributed by atoms with Crippen molar-refractivity contribution < 1.29 is 9.18 Å². The van der Waals surface area contributed by atoms with Crippen LogP contribution in [-0.4, -0.2) is 15.5 Å². The highest BCUT2D eigenvalue weighted by Crippen LogP contribution is 2.33. The highest BCUT2D eigenvalue weighted by atomic mass is 19.1. The minimum absolute atomic E-state index is 0.0833. The molecule has 1 N–H and O–H groups in total. The number of fused-ring (bicyclic) bond motifs is 1. The molecule has 34 heavy (non-hydrogen) atoms. The predicted molar refractivity (Wildman–Crippen MR) is 133 cm³/mol. The Balaban J connectivity index is 1.62. The molecular weight excluding hydrogens is 425 g/mol. The van der Waals surface area contributed by atoms with E-state index in [0.717, 1.165) is 31.2 Å². The minimum atomic E-state index is -0.392. The third-order valence-corrected chi connectivity index (χ3v) is 6.58. The monoisotopic (exact) mass is 453 g/mol. The van der Waals surface area contributed by atoms with E-state index in [-0.39, 0.29) is 11.9 Å². The van der Waals surface area contributed by atoms with Gasteiger partial charge in [-0.1, -0.05) is 73.2 Å². The molecule has 4 aromatic rings. The summed E-state index contributed by atoms with van der Waals surface area (Å²) in [7, 11) is 0. The van der Waals surface area contributed by atoms with E-state index in [1.165, 1.54) is 17.2 Å². The number of hydrogen-bond acceptors (Lipinski definition) is 2. The van der Waals surface area contributed by atoms with E-state index < -0.39 is 5.82 Å². The van der Waals surface area contributed by atoms with E-state index in [1.807, 2.05) is 47.9 Å². The number of aryl methyl sites for hydroxylation is 1. The first-order chi connectivity index (χ1) is 16.7. The summed E-state index contributed by atoms with van der Waals surface area (Å²) in [5.41, 5.74) is 4.45. The molecule has 4 nitrogen and oxygen atoms in total. The van der Waals surface area contributed by atoms with Crippen LogP contribution in [0.1, 0.15) is 53.8 Å². The van der Waals surface area contributed by atoms with E-state index >= 15 is 0 Å². The molecule has 1 amide bonds. The Morgan fingerprint density at radius 1 is 1.00 bits per heavy atom. The number of aromatic nitrogens is 2. The van der Waals surface area contributed by atoms with Gasteiger partial charge >= 0.3 is 0 Å². The van der Waals surface area contributed by atoms with Gasteiger partial charge in [0.05, 0.1) is 6.04 Å². The topological polar surface area (TPSA) is 46.9 Å². The fourth-order valence-corrected chi connectivity index (χ4v) is 4.94. The molecule has 0 saturated heterocycles. The zero-order chi connectivity index (χ0) is 23.5. The maximum Gasteiger partial charge on any atom is 0.270 e. The lowest BCUT2D eigenvalue weighted by Gasteiger charge is -2.20. The van der Waals surface area contributed by atoms with E-state index in [0.29, 0.717) is 29.3 Å². The molecule has 172 valence electrons. The van der Waals surface area contributed by atoms with Gasteiger partial charge in [0.25, 0.3) is 5.91 Å². The highest BCUT2D eigenvalue weighted by Gasteiger charge is 2.28. The van der Waals surface area contributed by atoms with Crippen molar-refractivity contribution in [3.8, 4) is 22.6 Å². The van der Waals surface area contributed by atoms with Crippen molar-refractivity contribution in [2.75, 3.05) is 0 Å². The molecule has 0 fully saturated rings. The van der Waals surface area contributed by atoms with Gasteiger partial charge in [0.2, 0.25) is 0 Å². The number of hydrogen-bond donors (Lipinski definition) is 1. The second kappa shape index (κ2) is 9.64. The summed E-state index contributed by atoms with van der Waals surface area (Å²) in [6.07, 6.45) is 4.05. The number of halogens is 1. The molecule has 5 rings (SSSR count). The van der Waals surface area contributed by atoms with Crippen LogP contribution in [-0.2, 0) is 13.0 Å². The molecule has 1 aliphatic rings. The lowest BCUT2D eigenvalue weighted by atomic mass is 9.99. The van der Waals surface area contributed by atoms with E-state index in [9.17, 15) is 9.18 Å². The number of nitrogens with zero attached hydrogens (tertiary/aromatic N) is 2. The molecule has 5 heteroatoms. The van der Waals surface area contributed by atoms with Gasteiger partial charge in [-0.05, 0) is 49.4 Å². The van der Waals surface area contributed by atoms with Crippen LogP contribution in [0.3, 0.4) is 0 Å². The van der Waals surface area contributed by atoms with Crippen LogP contribution in [0.2, 0.25) is 0 Å². The van der Waals surface area contributed by atoms with Gasteiger partial charge in [0, 0.05) is 17.7 Å². The zero-order valence-electron chi connectivity index (χ0n) is 19.3. The highest BCUT2D eigenvalue weighted by molar-refractivity contribution is 6.00. The number of carbonyl (C=O) groups is 1. The molecule has 1 unspecified atom stereocenters. The minimum Gasteiger partial charge on any atom is -0.344 e. The van der Waals surface area contributed by atoms with Gasteiger partial charge < -0.3 is 9.88 Å². The van der Waals surface area contributed by atoms with Crippen molar-refractivity contribution in [1.82, 2.24) is 14.9 Å². The Hall–Kier alpha value is -3.73. The molecule has 0 saturated carbocycles. The fourth-order valence-electron chi connectivity index (χ4n) is 4.94. The Kier molecular flexibility index (Phi) is 6.26. The number of amides is 1. The van der Waals surface area contributed by atoms with Gasteiger partial charge in [-0.15, -0.1) is 0 Å². The average molecular weight is 454 g/mol. The van der Waals surface area contributed by atoms with Crippen LogP contribution < -0.4 is 5.32 Å². The van der Waals surface area contributed by atoms with Crippen molar-refractivity contribution in [2.24, 2.45) is 0 Å². The van der Waals surface area contributed by atoms with Crippen molar-refractivity contribution in [3.05, 3.63) is 102 Å². The third kappa shape index (κ3) is 4.14. The molecule has 0 radical (unpaired) electrons. The van der Waals surface area contributed by atoms with Crippen LogP contribution in [0, 0.1) is 5.82 Å². The van der Waals surface area contributed by atoms with Crippen molar-refractivity contribution >= 4 is 5.91 Å². The lowest BCUT2D eigenvalue weighted by molar-refractivity contribution is 0.0926. The van der Waals surface area contributed by atoms with Crippen molar-refractivity contribution in [1.29, 1.82) is 0 Å². The summed E-state index contributed by atoms with van der Waals surface area (Å²) in [5, 5.41) is 3.28. The van der Waals surface area contributed by atoms with Crippen LogP contribution in [0.15, 0.2) is 78.9 Å². The summed E-state index contributed by atoms with van der Waals surface area (Å²) in [5.74, 6) is 0.0426. The number of nitrogens with one attached hydrogen (secondary N) is 1. The number of imidazole rings is 1. The summed E-state index contributed by atoms with van der Waals surface area (Å²) < 4.78 is 16.8. The third-order valence-electron chi connectivity index (χ3n) is 6.58. The summed E-state index contributed by atoms with van der Waals surface area (Å²) in [4.78, 5) is 18.7. The molecule has 1 heterocycles. The molecule has 0 aliphatic heterocycles. The predicted octanol–water partition coefficient (Wildman–Crippen LogP) is 6.57. The van der Waals surface area contributed by atoms with Gasteiger partial charge in [0.15, 0.2) is 0 Å². The Bertz CT molecular complexity index is 1310. The first-order valence-corrected chi connectivity index (χ1v) is 12.0. The van der Waals surface area contributed by atoms with Gasteiger partial charge in [0.1, 0.15) is 23.0 Å². The van der Waals surface area contributed by atoms with Crippen LogP contribution in [0.5, 0.6) is 0 Å². The molecule has 1 aromatic heterocycles. The van der Waals surface area contributed by atoms with E-state index in [1.54, 1.807) is 18.2 Å². The zero-order valence-corrected chi connectivity index (χ0v) is 19.3. The molecule has 1 atom stereocenters. The van der Waals surface area contributed by atoms with E-state index in [4.69, 9.17) is 4.98 Å². The van der Waals surface area contributed by atoms with Crippen LogP contribution in [0.25, 0.3) is 22.6 Å². The molecular formula is C29H28FN3O. The second-order valence-corrected chi connectivity index (χ2v) is 8.69. The standard InChI is InChI=1S/C29H28FN3O/c1-2-33-27(29(34)31-25-19-11-7-13-20-12-6-8-16-22(20)25)26(23-17-9-10-18-24(23)30)32-28(33)21-14-4-3-5-15-21/h3-6,8-10,12,14-18,25H,2,7,11,13,19H2,1H3,(H,31,34). The Labute approximate surface area is 199 Å². The maximum absolute atomic E-state index is 14.9. The van der Waals surface area contributed by atoms with Gasteiger partial charge in [-0.3, -0.25) is 4.79 Å². The quantitative estimate of drug-likeness (QED) is 0.347. The molecule has 1 aliphatic carbocycles. The Morgan fingerprint density at radius 3 is 2.53 bits per heavy atom. The maximum atomic E-state index is 14.9. The van der Waals surface area contributed by atoms with Gasteiger partial charge in [-0.25, -0.2) is 9.37 Å². The van der Waals surface area contributed by atoms with Crippen LogP contribution in [0.4, 0.5) is 4.39 Å². The Morgan fingerprint density at radius 2 is 1.74 bits per heavy atom. The summed E-state index contributed by atoms with van der Waals surface area (Å²) in [6.45, 7) is 2.52. The molecule has 0 bridgehead atoms. The van der Waals surface area contributed by atoms with Gasteiger partial charge in [-0.2, -0.15) is 0 Å².